The normalized spacial score (nSPS) is 19.2. The molecule has 5 nitrogen and oxygen atoms in total. The molecule has 1 aliphatic rings. The molecule has 116 valence electrons. The summed E-state index contributed by atoms with van der Waals surface area (Å²) >= 11 is 0. The maximum Gasteiger partial charge on any atom is 0.387 e. The zero-order valence-electron chi connectivity index (χ0n) is 11.6. The third-order valence-corrected chi connectivity index (χ3v) is 3.68. The number of hydrogen-bond acceptors (Lipinski definition) is 4. The van der Waals surface area contributed by atoms with Crippen LogP contribution in [0.4, 0.5) is 8.78 Å². The lowest BCUT2D eigenvalue weighted by molar-refractivity contribution is -0.154. The van der Waals surface area contributed by atoms with Crippen molar-refractivity contribution in [2.45, 2.75) is 19.1 Å². The van der Waals surface area contributed by atoms with Gasteiger partial charge in [0.2, 0.25) is 0 Å². The molecule has 0 aromatic heterocycles. The van der Waals surface area contributed by atoms with E-state index in [2.05, 4.69) is 4.74 Å². The Morgan fingerprint density at radius 3 is 2.67 bits per heavy atom. The van der Waals surface area contributed by atoms with E-state index in [0.717, 1.165) is 0 Å². The summed E-state index contributed by atoms with van der Waals surface area (Å²) in [5.41, 5.74) is -0.916. The Morgan fingerprint density at radius 1 is 1.43 bits per heavy atom. The molecule has 1 aliphatic heterocycles. The van der Waals surface area contributed by atoms with Crippen LogP contribution in [0.1, 0.15) is 12.5 Å². The van der Waals surface area contributed by atoms with E-state index in [-0.39, 0.29) is 5.75 Å². The van der Waals surface area contributed by atoms with E-state index in [1.54, 1.807) is 17.9 Å². The van der Waals surface area contributed by atoms with Crippen LogP contribution in [0.2, 0.25) is 0 Å². The van der Waals surface area contributed by atoms with Gasteiger partial charge in [-0.05, 0) is 24.6 Å². The molecule has 1 aromatic carbocycles. The van der Waals surface area contributed by atoms with Crippen molar-refractivity contribution >= 4 is 5.97 Å². The van der Waals surface area contributed by atoms with Gasteiger partial charge in [0, 0.05) is 13.1 Å². The van der Waals surface area contributed by atoms with Crippen LogP contribution in [0.15, 0.2) is 24.3 Å². The third kappa shape index (κ3) is 3.30. The summed E-state index contributed by atoms with van der Waals surface area (Å²) in [5.74, 6) is -1.10. The molecule has 21 heavy (non-hydrogen) atoms. The van der Waals surface area contributed by atoms with Gasteiger partial charge in [0.25, 0.3) is 0 Å². The summed E-state index contributed by atoms with van der Waals surface area (Å²) in [4.78, 5) is 13.5. The highest BCUT2D eigenvalue weighted by Gasteiger charge is 2.42. The largest absolute Gasteiger partial charge is 0.480 e. The molecule has 0 saturated carbocycles. The Kier molecular flexibility index (Phi) is 4.74. The van der Waals surface area contributed by atoms with Gasteiger partial charge in [-0.3, -0.25) is 4.90 Å². The Labute approximate surface area is 121 Å². The Balaban J connectivity index is 2.35. The highest BCUT2D eigenvalue weighted by molar-refractivity contribution is 5.80. The molecule has 1 atom stereocenters. The molecule has 1 aromatic rings. The maximum atomic E-state index is 12.3. The average molecular weight is 301 g/mol. The van der Waals surface area contributed by atoms with Gasteiger partial charge >= 0.3 is 12.6 Å². The van der Waals surface area contributed by atoms with Gasteiger partial charge in [0.05, 0.1) is 13.2 Å². The van der Waals surface area contributed by atoms with Crippen LogP contribution in [-0.2, 0) is 15.1 Å². The fourth-order valence-corrected chi connectivity index (χ4v) is 2.43. The number of aliphatic carboxylic acids is 1. The molecule has 1 unspecified atom stereocenters. The minimum absolute atomic E-state index is 0.0526. The van der Waals surface area contributed by atoms with Crippen molar-refractivity contribution in [3.05, 3.63) is 29.8 Å². The first-order valence-electron chi connectivity index (χ1n) is 6.56. The molecule has 1 fully saturated rings. The number of carboxylic acids is 1. The minimum atomic E-state index is -2.94. The Morgan fingerprint density at radius 2 is 2.10 bits per heavy atom. The molecule has 1 N–H and O–H groups in total. The lowest BCUT2D eigenvalue weighted by Crippen LogP contribution is -2.54. The monoisotopic (exact) mass is 301 g/mol. The molecule has 0 amide bonds. The number of alkyl halides is 2. The van der Waals surface area contributed by atoms with Gasteiger partial charge in [0.15, 0.2) is 0 Å². The minimum Gasteiger partial charge on any atom is -0.480 e. The Bertz CT molecular complexity index is 506. The summed E-state index contributed by atoms with van der Waals surface area (Å²) in [7, 11) is 0. The number of ether oxygens (including phenoxy) is 2. The molecule has 0 bridgehead atoms. The number of halogens is 2. The molecule has 2 rings (SSSR count). The van der Waals surface area contributed by atoms with Gasteiger partial charge in [-0.1, -0.05) is 12.1 Å². The quantitative estimate of drug-likeness (QED) is 0.900. The van der Waals surface area contributed by atoms with E-state index in [1.807, 2.05) is 0 Å². The lowest BCUT2D eigenvalue weighted by Gasteiger charge is -2.40. The summed E-state index contributed by atoms with van der Waals surface area (Å²) in [6.07, 6.45) is 0. The van der Waals surface area contributed by atoms with E-state index >= 15 is 0 Å². The van der Waals surface area contributed by atoms with Gasteiger partial charge in [-0.25, -0.2) is 4.79 Å². The van der Waals surface area contributed by atoms with E-state index in [1.165, 1.54) is 18.2 Å². The molecular formula is C14H17F2NO4. The van der Waals surface area contributed by atoms with Crippen LogP contribution in [0.5, 0.6) is 5.75 Å². The first-order valence-corrected chi connectivity index (χ1v) is 6.56. The van der Waals surface area contributed by atoms with Gasteiger partial charge in [0.1, 0.15) is 11.3 Å². The zero-order valence-corrected chi connectivity index (χ0v) is 11.6. The summed E-state index contributed by atoms with van der Waals surface area (Å²) in [6, 6.07) is 5.82. The fourth-order valence-electron chi connectivity index (χ4n) is 2.43. The van der Waals surface area contributed by atoms with Crippen molar-refractivity contribution in [1.82, 2.24) is 4.90 Å². The summed E-state index contributed by atoms with van der Waals surface area (Å²) in [5, 5.41) is 9.64. The van der Waals surface area contributed by atoms with Gasteiger partial charge in [-0.15, -0.1) is 0 Å². The number of rotatable bonds is 5. The van der Waals surface area contributed by atoms with Crippen LogP contribution in [0, 0.1) is 0 Å². The van der Waals surface area contributed by atoms with Crippen molar-refractivity contribution in [3.8, 4) is 5.75 Å². The van der Waals surface area contributed by atoms with Crippen molar-refractivity contribution in [1.29, 1.82) is 0 Å². The SMILES string of the molecule is CC(C(=O)O)(c1cccc(OC(F)F)c1)N1CCOCC1. The van der Waals surface area contributed by atoms with Crippen molar-refractivity contribution in [2.24, 2.45) is 0 Å². The number of nitrogens with zero attached hydrogens (tertiary/aromatic N) is 1. The summed E-state index contributed by atoms with van der Waals surface area (Å²) in [6.45, 7) is 0.416. The zero-order chi connectivity index (χ0) is 15.5. The molecule has 0 spiro atoms. The second-order valence-electron chi connectivity index (χ2n) is 4.88. The molecule has 1 saturated heterocycles. The topological polar surface area (TPSA) is 59.0 Å². The van der Waals surface area contributed by atoms with Gasteiger partial charge < -0.3 is 14.6 Å². The first-order chi connectivity index (χ1) is 9.94. The average Bonchev–Trinajstić information content (AvgIpc) is 2.46. The van der Waals surface area contributed by atoms with Crippen molar-refractivity contribution in [2.75, 3.05) is 26.3 Å². The summed E-state index contributed by atoms with van der Waals surface area (Å²) < 4.78 is 34.2. The number of morpholine rings is 1. The van der Waals surface area contributed by atoms with E-state index in [9.17, 15) is 18.7 Å². The highest BCUT2D eigenvalue weighted by Crippen LogP contribution is 2.32. The number of hydrogen-bond donors (Lipinski definition) is 1. The van der Waals surface area contributed by atoms with Crippen LogP contribution in [0.3, 0.4) is 0 Å². The Hall–Kier alpha value is -1.73. The van der Waals surface area contributed by atoms with E-state index in [4.69, 9.17) is 4.74 Å². The molecule has 7 heteroatoms. The van der Waals surface area contributed by atoms with Crippen LogP contribution < -0.4 is 4.74 Å². The standard InChI is InChI=1S/C14H17F2NO4/c1-14(12(18)19,17-5-7-20-8-6-17)10-3-2-4-11(9-10)21-13(15)16/h2-4,9,13H,5-8H2,1H3,(H,18,19). The predicted octanol–water partition coefficient (Wildman–Crippen LogP) is 1.92. The number of carbonyl (C=O) groups is 1. The molecule has 0 radical (unpaired) electrons. The molecule has 0 aliphatic carbocycles. The van der Waals surface area contributed by atoms with E-state index < -0.39 is 18.1 Å². The smallest absolute Gasteiger partial charge is 0.387 e. The second kappa shape index (κ2) is 6.36. The van der Waals surface area contributed by atoms with Crippen LogP contribution in [0.25, 0.3) is 0 Å². The van der Waals surface area contributed by atoms with Crippen LogP contribution >= 0.6 is 0 Å². The molecular weight excluding hydrogens is 284 g/mol. The van der Waals surface area contributed by atoms with Crippen LogP contribution in [-0.4, -0.2) is 48.9 Å². The highest BCUT2D eigenvalue weighted by atomic mass is 19.3. The van der Waals surface area contributed by atoms with Gasteiger partial charge in [-0.2, -0.15) is 8.78 Å². The predicted molar refractivity (Wildman–Crippen MR) is 70.5 cm³/mol. The fraction of sp³-hybridized carbons (Fsp3) is 0.500. The maximum absolute atomic E-state index is 12.3. The first kappa shape index (κ1) is 15.7. The second-order valence-corrected chi connectivity index (χ2v) is 4.88. The van der Waals surface area contributed by atoms with E-state index in [0.29, 0.717) is 31.9 Å². The van der Waals surface area contributed by atoms with Crippen molar-refractivity contribution < 1.29 is 28.2 Å². The molecule has 1 heterocycles. The lowest BCUT2D eigenvalue weighted by atomic mass is 9.89. The number of carboxylic acid groups (broad SMARTS) is 1. The third-order valence-electron chi connectivity index (χ3n) is 3.68. The van der Waals surface area contributed by atoms with Crippen molar-refractivity contribution in [3.63, 3.8) is 0 Å². The number of benzene rings is 1.